The molecule has 2 heterocycles. The van der Waals surface area contributed by atoms with Gasteiger partial charge < -0.3 is 9.64 Å². The number of hydrogen-bond acceptors (Lipinski definition) is 4. The Morgan fingerprint density at radius 3 is 2.54 bits per heavy atom. The number of carbonyl (C=O) groups is 1. The molecule has 1 aromatic carbocycles. The molecule has 2 aliphatic rings. The van der Waals surface area contributed by atoms with Crippen LogP contribution >= 0.6 is 0 Å². The van der Waals surface area contributed by atoms with Gasteiger partial charge in [0.1, 0.15) is 12.4 Å². The number of alkyl halides is 3. The highest BCUT2D eigenvalue weighted by Gasteiger charge is 2.37. The average Bonchev–Trinajstić information content (AvgIpc) is 3.34. The van der Waals surface area contributed by atoms with E-state index < -0.39 is 11.7 Å². The molecule has 1 aromatic heterocycles. The van der Waals surface area contributed by atoms with Crippen molar-refractivity contribution in [2.45, 2.75) is 64.8 Å². The van der Waals surface area contributed by atoms with E-state index >= 15 is 0 Å². The van der Waals surface area contributed by atoms with E-state index in [1.807, 2.05) is 39.1 Å². The molecule has 1 aliphatic carbocycles. The molecule has 1 saturated carbocycles. The van der Waals surface area contributed by atoms with Gasteiger partial charge >= 0.3 is 6.18 Å². The fourth-order valence-electron chi connectivity index (χ4n) is 5.05. The van der Waals surface area contributed by atoms with Crippen LogP contribution in [-0.2, 0) is 24.1 Å². The monoisotopic (exact) mass is 489 g/mol. The summed E-state index contributed by atoms with van der Waals surface area (Å²) in [5, 5.41) is 0. The summed E-state index contributed by atoms with van der Waals surface area (Å²) in [6, 6.07) is 6.87. The quantitative estimate of drug-likeness (QED) is 0.487. The third-order valence-electron chi connectivity index (χ3n) is 7.34. The first-order valence-electron chi connectivity index (χ1n) is 12.4. The predicted molar refractivity (Wildman–Crippen MR) is 128 cm³/mol. The molecule has 0 spiro atoms. The normalized spacial score (nSPS) is 17.4. The van der Waals surface area contributed by atoms with E-state index in [1.165, 1.54) is 6.20 Å². The van der Waals surface area contributed by atoms with Crippen molar-refractivity contribution in [2.24, 2.45) is 5.92 Å². The lowest BCUT2D eigenvalue weighted by Gasteiger charge is -2.40. The minimum Gasteiger partial charge on any atom is -0.487 e. The van der Waals surface area contributed by atoms with Crippen molar-refractivity contribution in [3.05, 3.63) is 58.4 Å². The van der Waals surface area contributed by atoms with E-state index in [-0.39, 0.29) is 30.0 Å². The van der Waals surface area contributed by atoms with Crippen molar-refractivity contribution in [2.75, 3.05) is 26.7 Å². The SMILES string of the molecule is CCN(C)C(=O)C1CN(Cc2ccc(OCc3cc(C(F)(F)F)c(C4CCCC4)cn3)cc2C)C1. The predicted octanol–water partition coefficient (Wildman–Crippen LogP) is 5.56. The number of aryl methyl sites for hydroxylation is 1. The molecule has 0 radical (unpaired) electrons. The van der Waals surface area contributed by atoms with Crippen LogP contribution in [0.3, 0.4) is 0 Å². The molecule has 190 valence electrons. The van der Waals surface area contributed by atoms with E-state index in [2.05, 4.69) is 9.88 Å². The number of hydrogen-bond donors (Lipinski definition) is 0. The molecule has 2 fully saturated rings. The maximum atomic E-state index is 13.7. The van der Waals surface area contributed by atoms with Gasteiger partial charge in [-0.1, -0.05) is 18.9 Å². The van der Waals surface area contributed by atoms with Crippen LogP contribution in [0.2, 0.25) is 0 Å². The van der Waals surface area contributed by atoms with Gasteiger partial charge in [0.15, 0.2) is 0 Å². The average molecular weight is 490 g/mol. The van der Waals surface area contributed by atoms with Crippen LogP contribution in [0.4, 0.5) is 13.2 Å². The number of rotatable bonds is 8. The standard InChI is InChI=1S/C27H34F3N3O2/c1-4-32(3)26(34)21-15-33(16-21)14-20-9-10-23(11-18(20)2)35-17-22-12-25(27(28,29)30)24(13-31-22)19-7-5-6-8-19/h9-13,19,21H,4-8,14-17H2,1-3H3. The van der Waals surface area contributed by atoms with E-state index in [4.69, 9.17) is 4.74 Å². The van der Waals surface area contributed by atoms with Crippen molar-refractivity contribution in [3.8, 4) is 5.75 Å². The molecule has 0 atom stereocenters. The minimum absolute atomic E-state index is 0.0202. The summed E-state index contributed by atoms with van der Waals surface area (Å²) in [5.74, 6) is 0.805. The van der Waals surface area contributed by atoms with E-state index in [9.17, 15) is 18.0 Å². The Bertz CT molecular complexity index is 1040. The van der Waals surface area contributed by atoms with Gasteiger partial charge in [0, 0.05) is 39.4 Å². The van der Waals surface area contributed by atoms with Gasteiger partial charge in [-0.05, 0) is 67.5 Å². The zero-order valence-corrected chi connectivity index (χ0v) is 20.7. The number of amides is 1. The molecular formula is C27H34F3N3O2. The van der Waals surface area contributed by atoms with Crippen LogP contribution in [0, 0.1) is 12.8 Å². The van der Waals surface area contributed by atoms with Crippen LogP contribution in [-0.4, -0.2) is 47.4 Å². The molecule has 1 aliphatic heterocycles. The number of pyridine rings is 1. The van der Waals surface area contributed by atoms with E-state index in [0.717, 1.165) is 62.5 Å². The first kappa shape index (κ1) is 25.5. The number of benzene rings is 1. The Labute approximate surface area is 205 Å². The lowest BCUT2D eigenvalue weighted by Crippen LogP contribution is -2.53. The molecule has 1 saturated heterocycles. The Kier molecular flexibility index (Phi) is 7.69. The fourth-order valence-corrected chi connectivity index (χ4v) is 5.05. The molecular weight excluding hydrogens is 455 g/mol. The Hall–Kier alpha value is -2.61. The number of carbonyl (C=O) groups excluding carboxylic acids is 1. The number of ether oxygens (including phenoxy) is 1. The van der Waals surface area contributed by atoms with Crippen LogP contribution in [0.25, 0.3) is 0 Å². The molecule has 2 aromatic rings. The van der Waals surface area contributed by atoms with Crippen molar-refractivity contribution in [1.82, 2.24) is 14.8 Å². The summed E-state index contributed by atoms with van der Waals surface area (Å²) in [5.41, 5.74) is 2.19. The molecule has 1 amide bonds. The minimum atomic E-state index is -4.40. The molecule has 0 bridgehead atoms. The van der Waals surface area contributed by atoms with Gasteiger partial charge in [0.2, 0.25) is 5.91 Å². The second kappa shape index (κ2) is 10.6. The van der Waals surface area contributed by atoms with Gasteiger partial charge in [0.05, 0.1) is 17.2 Å². The maximum Gasteiger partial charge on any atom is 0.416 e. The van der Waals surface area contributed by atoms with Gasteiger partial charge in [0.25, 0.3) is 0 Å². The third-order valence-corrected chi connectivity index (χ3v) is 7.34. The molecule has 8 heteroatoms. The number of likely N-dealkylation sites (tertiary alicyclic amines) is 1. The van der Waals surface area contributed by atoms with Crippen molar-refractivity contribution in [1.29, 1.82) is 0 Å². The second-order valence-electron chi connectivity index (χ2n) is 9.86. The van der Waals surface area contributed by atoms with Crippen molar-refractivity contribution < 1.29 is 22.7 Å². The highest BCUT2D eigenvalue weighted by Crippen LogP contribution is 2.41. The second-order valence-corrected chi connectivity index (χ2v) is 9.86. The summed E-state index contributed by atoms with van der Waals surface area (Å²) < 4.78 is 46.9. The van der Waals surface area contributed by atoms with Crippen LogP contribution in [0.5, 0.6) is 5.75 Å². The maximum absolute atomic E-state index is 13.7. The number of halogens is 3. The highest BCUT2D eigenvalue weighted by molar-refractivity contribution is 5.79. The van der Waals surface area contributed by atoms with Crippen molar-refractivity contribution >= 4 is 5.91 Å². The highest BCUT2D eigenvalue weighted by atomic mass is 19.4. The Balaban J connectivity index is 1.35. The molecule has 4 rings (SSSR count). The largest absolute Gasteiger partial charge is 0.487 e. The van der Waals surface area contributed by atoms with Gasteiger partial charge in [-0.15, -0.1) is 0 Å². The van der Waals surface area contributed by atoms with E-state index in [0.29, 0.717) is 17.9 Å². The first-order valence-corrected chi connectivity index (χ1v) is 12.4. The summed E-state index contributed by atoms with van der Waals surface area (Å²) in [6.07, 6.45) is 0.506. The topological polar surface area (TPSA) is 45.7 Å². The fraction of sp³-hybridized carbons (Fsp3) is 0.556. The van der Waals surface area contributed by atoms with Crippen LogP contribution < -0.4 is 4.74 Å². The summed E-state index contributed by atoms with van der Waals surface area (Å²) in [4.78, 5) is 20.5. The van der Waals surface area contributed by atoms with Gasteiger partial charge in [-0.2, -0.15) is 13.2 Å². The molecule has 0 N–H and O–H groups in total. The molecule has 5 nitrogen and oxygen atoms in total. The lowest BCUT2D eigenvalue weighted by molar-refractivity contribution is -0.140. The molecule has 35 heavy (non-hydrogen) atoms. The summed E-state index contributed by atoms with van der Waals surface area (Å²) in [6.45, 7) is 6.92. The lowest BCUT2D eigenvalue weighted by atomic mass is 9.94. The van der Waals surface area contributed by atoms with Gasteiger partial charge in [-0.3, -0.25) is 14.7 Å². The summed E-state index contributed by atoms with van der Waals surface area (Å²) >= 11 is 0. The zero-order chi connectivity index (χ0) is 25.2. The Morgan fingerprint density at radius 2 is 1.91 bits per heavy atom. The van der Waals surface area contributed by atoms with Crippen LogP contribution in [0.1, 0.15) is 66.5 Å². The third kappa shape index (κ3) is 5.97. The summed E-state index contributed by atoms with van der Waals surface area (Å²) in [7, 11) is 1.83. The zero-order valence-electron chi connectivity index (χ0n) is 20.7. The van der Waals surface area contributed by atoms with Crippen molar-refractivity contribution in [3.63, 3.8) is 0 Å². The molecule has 0 unspecified atom stereocenters. The van der Waals surface area contributed by atoms with Gasteiger partial charge in [-0.25, -0.2) is 0 Å². The number of aromatic nitrogens is 1. The first-order chi connectivity index (χ1) is 16.7. The smallest absolute Gasteiger partial charge is 0.416 e. The van der Waals surface area contributed by atoms with E-state index in [1.54, 1.807) is 4.90 Å². The van der Waals surface area contributed by atoms with Crippen LogP contribution in [0.15, 0.2) is 30.5 Å². The number of nitrogens with zero attached hydrogens (tertiary/aromatic N) is 3. The Morgan fingerprint density at radius 1 is 1.20 bits per heavy atom.